The fourth-order valence-electron chi connectivity index (χ4n) is 4.31. The molecule has 34 heavy (non-hydrogen) atoms. The molecule has 0 aliphatic carbocycles. The second-order valence-corrected chi connectivity index (χ2v) is 9.68. The topological polar surface area (TPSA) is 103 Å². The SMILES string of the molecule is CC(C)(C)OC(=O)N1CC[N+](Cc2ccccc2)(C(=O)O)C[C@H]1CCNc1ccccc1C#N. The van der Waals surface area contributed by atoms with Gasteiger partial charge in [0.25, 0.3) is 0 Å². The lowest BCUT2D eigenvalue weighted by Crippen LogP contribution is -2.66. The van der Waals surface area contributed by atoms with Crippen LogP contribution in [0.4, 0.5) is 15.3 Å². The van der Waals surface area contributed by atoms with Gasteiger partial charge in [-0.05, 0) is 39.3 Å². The number of carbonyl (C=O) groups excluding carboxylic acids is 1. The van der Waals surface area contributed by atoms with Gasteiger partial charge in [0, 0.05) is 12.1 Å². The maximum Gasteiger partial charge on any atom is 0.513 e. The first-order valence-electron chi connectivity index (χ1n) is 11.5. The van der Waals surface area contributed by atoms with Crippen LogP contribution in [0.25, 0.3) is 0 Å². The summed E-state index contributed by atoms with van der Waals surface area (Å²) in [5.41, 5.74) is 1.55. The number of quaternary nitrogens is 1. The molecule has 2 N–H and O–H groups in total. The van der Waals surface area contributed by atoms with Gasteiger partial charge in [-0.1, -0.05) is 42.5 Å². The van der Waals surface area contributed by atoms with Gasteiger partial charge >= 0.3 is 12.2 Å². The van der Waals surface area contributed by atoms with E-state index in [0.29, 0.717) is 37.3 Å². The summed E-state index contributed by atoms with van der Waals surface area (Å²) < 4.78 is 5.47. The summed E-state index contributed by atoms with van der Waals surface area (Å²) in [5, 5.41) is 22.8. The predicted octanol–water partition coefficient (Wildman–Crippen LogP) is 4.67. The smallest absolute Gasteiger partial charge is 0.444 e. The Morgan fingerprint density at radius 2 is 1.85 bits per heavy atom. The Bertz CT molecular complexity index is 1040. The van der Waals surface area contributed by atoms with Crippen LogP contribution in [0.2, 0.25) is 0 Å². The molecule has 1 unspecified atom stereocenters. The molecular formula is C26H33N4O4+. The molecule has 2 amide bonds. The summed E-state index contributed by atoms with van der Waals surface area (Å²) in [6.45, 7) is 7.13. The number of para-hydroxylation sites is 1. The molecule has 2 aromatic carbocycles. The van der Waals surface area contributed by atoms with Crippen LogP contribution in [0.1, 0.15) is 38.3 Å². The summed E-state index contributed by atoms with van der Waals surface area (Å²) in [7, 11) is 0. The summed E-state index contributed by atoms with van der Waals surface area (Å²) in [6.07, 6.45) is -0.820. The lowest BCUT2D eigenvalue weighted by atomic mass is 10.0. The molecular weight excluding hydrogens is 432 g/mol. The number of carboxylic acid groups (broad SMARTS) is 1. The number of piperazine rings is 1. The monoisotopic (exact) mass is 465 g/mol. The number of rotatable bonds is 6. The Morgan fingerprint density at radius 1 is 1.18 bits per heavy atom. The molecule has 8 nitrogen and oxygen atoms in total. The lowest BCUT2D eigenvalue weighted by Gasteiger charge is -2.45. The van der Waals surface area contributed by atoms with Crippen molar-refractivity contribution < 1.29 is 23.9 Å². The molecule has 0 aromatic heterocycles. The fourth-order valence-corrected chi connectivity index (χ4v) is 4.31. The summed E-state index contributed by atoms with van der Waals surface area (Å²) in [4.78, 5) is 27.1. The molecule has 2 atom stereocenters. The maximum atomic E-state index is 13.0. The maximum absolute atomic E-state index is 13.0. The first-order valence-corrected chi connectivity index (χ1v) is 11.5. The minimum absolute atomic E-state index is 0.150. The van der Waals surface area contributed by atoms with Crippen LogP contribution in [-0.4, -0.2) is 64.5 Å². The minimum atomic E-state index is -0.902. The van der Waals surface area contributed by atoms with Gasteiger partial charge in [0.1, 0.15) is 31.3 Å². The number of amides is 2. The van der Waals surface area contributed by atoms with Gasteiger partial charge in [-0.15, -0.1) is 0 Å². The van der Waals surface area contributed by atoms with Crippen LogP contribution >= 0.6 is 0 Å². The van der Waals surface area contributed by atoms with Crippen LogP contribution in [0, 0.1) is 11.3 Å². The second kappa shape index (κ2) is 10.6. The number of ether oxygens (including phenoxy) is 1. The molecule has 0 radical (unpaired) electrons. The standard InChI is InChI=1S/C26H32N4O4/c1-26(2,3)34-24(31)29-15-16-30(25(32)33,18-20-9-5-4-6-10-20)19-22(29)13-14-28-23-12-8-7-11-21(23)17-27/h4-12,22,28H,13-16,18-19H2,1-3H3/p+1/t22-,30?/m1/s1. The Kier molecular flexibility index (Phi) is 7.79. The van der Waals surface area contributed by atoms with Crippen LogP contribution < -0.4 is 5.32 Å². The Balaban J connectivity index is 1.81. The number of carbonyl (C=O) groups is 2. The first-order chi connectivity index (χ1) is 16.1. The zero-order chi connectivity index (χ0) is 24.8. The molecule has 180 valence electrons. The minimum Gasteiger partial charge on any atom is -0.444 e. The van der Waals surface area contributed by atoms with Crippen molar-refractivity contribution in [1.82, 2.24) is 4.90 Å². The third kappa shape index (κ3) is 6.27. The summed E-state index contributed by atoms with van der Waals surface area (Å²) >= 11 is 0. The molecule has 1 heterocycles. The van der Waals surface area contributed by atoms with Crippen LogP contribution in [-0.2, 0) is 11.3 Å². The number of nitrogens with zero attached hydrogens (tertiary/aromatic N) is 3. The lowest BCUT2D eigenvalue weighted by molar-refractivity contribution is -0.878. The molecule has 0 bridgehead atoms. The van der Waals surface area contributed by atoms with E-state index in [0.717, 1.165) is 5.56 Å². The Morgan fingerprint density at radius 3 is 2.50 bits per heavy atom. The summed E-state index contributed by atoms with van der Waals surface area (Å²) in [6, 6.07) is 18.6. The largest absolute Gasteiger partial charge is 0.513 e. The van der Waals surface area contributed by atoms with Gasteiger partial charge in [0.2, 0.25) is 0 Å². The highest BCUT2D eigenvalue weighted by Crippen LogP contribution is 2.26. The van der Waals surface area contributed by atoms with E-state index in [2.05, 4.69) is 11.4 Å². The Labute approximate surface area is 200 Å². The molecule has 2 aromatic rings. The number of nitriles is 1. The Hall–Kier alpha value is -3.57. The van der Waals surface area contributed by atoms with E-state index in [1.165, 1.54) is 0 Å². The quantitative estimate of drug-likeness (QED) is 0.601. The van der Waals surface area contributed by atoms with E-state index in [1.807, 2.05) is 63.2 Å². The normalized spacial score (nSPS) is 20.3. The number of hydrogen-bond donors (Lipinski definition) is 2. The highest BCUT2D eigenvalue weighted by molar-refractivity contribution is 5.69. The van der Waals surface area contributed by atoms with Gasteiger partial charge < -0.3 is 15.2 Å². The third-order valence-corrected chi connectivity index (χ3v) is 5.97. The van der Waals surface area contributed by atoms with Crippen LogP contribution in [0.15, 0.2) is 54.6 Å². The molecule has 1 aliphatic heterocycles. The third-order valence-electron chi connectivity index (χ3n) is 5.97. The van der Waals surface area contributed by atoms with Gasteiger partial charge in [0.05, 0.1) is 23.8 Å². The van der Waals surface area contributed by atoms with Crippen molar-refractivity contribution in [3.8, 4) is 6.07 Å². The van der Waals surface area contributed by atoms with Crippen molar-refractivity contribution in [3.05, 3.63) is 65.7 Å². The highest BCUT2D eigenvalue weighted by Gasteiger charge is 2.47. The molecule has 0 saturated carbocycles. The van der Waals surface area contributed by atoms with E-state index in [-0.39, 0.29) is 23.6 Å². The number of nitrogens with one attached hydrogen (secondary N) is 1. The number of anilines is 1. The summed E-state index contributed by atoms with van der Waals surface area (Å²) in [5.74, 6) is 0. The fraction of sp³-hybridized carbons (Fsp3) is 0.423. The van der Waals surface area contributed by atoms with Gasteiger partial charge in [-0.25, -0.2) is 9.28 Å². The van der Waals surface area contributed by atoms with Crippen molar-refractivity contribution in [1.29, 1.82) is 5.26 Å². The molecule has 3 rings (SSSR count). The first kappa shape index (κ1) is 25.1. The van der Waals surface area contributed by atoms with Crippen molar-refractivity contribution >= 4 is 17.9 Å². The van der Waals surface area contributed by atoms with Gasteiger partial charge in [-0.2, -0.15) is 10.1 Å². The van der Waals surface area contributed by atoms with Crippen LogP contribution in [0.5, 0.6) is 0 Å². The number of hydrogen-bond acceptors (Lipinski definition) is 5. The molecule has 1 fully saturated rings. The van der Waals surface area contributed by atoms with Crippen molar-refractivity contribution in [2.45, 2.75) is 45.4 Å². The van der Waals surface area contributed by atoms with Crippen molar-refractivity contribution in [3.63, 3.8) is 0 Å². The van der Waals surface area contributed by atoms with Crippen LogP contribution in [0.3, 0.4) is 0 Å². The molecule has 0 spiro atoms. The van der Waals surface area contributed by atoms with E-state index >= 15 is 0 Å². The zero-order valence-corrected chi connectivity index (χ0v) is 20.0. The average Bonchev–Trinajstić information content (AvgIpc) is 2.79. The molecule has 8 heteroatoms. The van der Waals surface area contributed by atoms with E-state index in [1.54, 1.807) is 17.0 Å². The molecule has 1 aliphatic rings. The average molecular weight is 466 g/mol. The van der Waals surface area contributed by atoms with E-state index < -0.39 is 17.8 Å². The van der Waals surface area contributed by atoms with Crippen molar-refractivity contribution in [2.24, 2.45) is 0 Å². The molecule has 1 saturated heterocycles. The van der Waals surface area contributed by atoms with E-state index in [9.17, 15) is 20.0 Å². The zero-order valence-electron chi connectivity index (χ0n) is 20.0. The van der Waals surface area contributed by atoms with E-state index in [4.69, 9.17) is 4.74 Å². The predicted molar refractivity (Wildman–Crippen MR) is 129 cm³/mol. The highest BCUT2D eigenvalue weighted by atomic mass is 16.6. The number of benzene rings is 2. The van der Waals surface area contributed by atoms with Gasteiger partial charge in [0.15, 0.2) is 0 Å². The van der Waals surface area contributed by atoms with Gasteiger partial charge in [-0.3, -0.25) is 4.90 Å². The second-order valence-electron chi connectivity index (χ2n) is 9.68. The van der Waals surface area contributed by atoms with Crippen molar-refractivity contribution in [2.75, 3.05) is 31.5 Å².